The van der Waals surface area contributed by atoms with Crippen LogP contribution in [0.1, 0.15) is 0 Å². The van der Waals surface area contributed by atoms with Gasteiger partial charge >= 0.3 is 0 Å². The van der Waals surface area contributed by atoms with E-state index in [0.29, 0.717) is 15.7 Å². The van der Waals surface area contributed by atoms with Crippen LogP contribution >= 0.6 is 39.1 Å². The number of nitrogens with one attached hydrogen (secondary N) is 1. The van der Waals surface area contributed by atoms with Crippen LogP contribution in [0.3, 0.4) is 0 Å². The lowest BCUT2D eigenvalue weighted by Gasteiger charge is -2.10. The molecular formula is C12H8BrCl2NO2S. The standard InChI is InChI=1S/C12H8BrCl2NO2S/c13-8-1-6-11(15)12(7-8)16-19(17,18)10-4-2-9(14)3-5-10/h1-7,16H. The molecule has 19 heavy (non-hydrogen) atoms. The van der Waals surface area contributed by atoms with Crippen molar-refractivity contribution < 1.29 is 8.42 Å². The van der Waals surface area contributed by atoms with Gasteiger partial charge in [-0.1, -0.05) is 39.1 Å². The molecule has 0 aromatic heterocycles. The summed E-state index contributed by atoms with van der Waals surface area (Å²) < 4.78 is 27.5. The van der Waals surface area contributed by atoms with E-state index in [1.54, 1.807) is 18.2 Å². The second kappa shape index (κ2) is 5.71. The van der Waals surface area contributed by atoms with E-state index in [2.05, 4.69) is 20.7 Å². The summed E-state index contributed by atoms with van der Waals surface area (Å²) in [6, 6.07) is 10.8. The van der Waals surface area contributed by atoms with Gasteiger partial charge in [-0.25, -0.2) is 8.42 Å². The van der Waals surface area contributed by atoms with Crippen molar-refractivity contribution >= 4 is 54.8 Å². The van der Waals surface area contributed by atoms with Crippen LogP contribution < -0.4 is 4.72 Å². The highest BCUT2D eigenvalue weighted by Crippen LogP contribution is 2.28. The molecule has 0 radical (unpaired) electrons. The number of halogens is 3. The fourth-order valence-electron chi connectivity index (χ4n) is 1.39. The third-order valence-electron chi connectivity index (χ3n) is 2.30. The molecule has 0 aliphatic heterocycles. The van der Waals surface area contributed by atoms with Gasteiger partial charge in [0, 0.05) is 9.50 Å². The van der Waals surface area contributed by atoms with Gasteiger partial charge in [0.1, 0.15) is 0 Å². The molecule has 100 valence electrons. The predicted molar refractivity (Wildman–Crippen MR) is 81.4 cm³/mol. The monoisotopic (exact) mass is 379 g/mol. The van der Waals surface area contributed by atoms with Crippen LogP contribution in [0.2, 0.25) is 10.0 Å². The smallest absolute Gasteiger partial charge is 0.261 e. The van der Waals surface area contributed by atoms with Crippen molar-refractivity contribution in [3.63, 3.8) is 0 Å². The van der Waals surface area contributed by atoms with Gasteiger partial charge in [-0.3, -0.25) is 4.72 Å². The number of anilines is 1. The molecule has 1 N–H and O–H groups in total. The summed E-state index contributed by atoms with van der Waals surface area (Å²) in [5.74, 6) is 0. The predicted octanol–water partition coefficient (Wildman–Crippen LogP) is 4.56. The van der Waals surface area contributed by atoms with Gasteiger partial charge in [0.05, 0.1) is 15.6 Å². The van der Waals surface area contributed by atoms with E-state index < -0.39 is 10.0 Å². The largest absolute Gasteiger partial charge is 0.278 e. The van der Waals surface area contributed by atoms with E-state index in [0.717, 1.165) is 4.47 Å². The molecule has 0 saturated heterocycles. The summed E-state index contributed by atoms with van der Waals surface area (Å²) in [7, 11) is -3.68. The highest BCUT2D eigenvalue weighted by molar-refractivity contribution is 9.10. The minimum atomic E-state index is -3.68. The van der Waals surface area contributed by atoms with Crippen molar-refractivity contribution in [3.8, 4) is 0 Å². The average Bonchev–Trinajstić information content (AvgIpc) is 2.34. The maximum atomic E-state index is 12.1. The second-order valence-electron chi connectivity index (χ2n) is 3.68. The van der Waals surface area contributed by atoms with Crippen molar-refractivity contribution in [1.82, 2.24) is 0 Å². The number of benzene rings is 2. The lowest BCUT2D eigenvalue weighted by atomic mass is 10.3. The first-order valence-corrected chi connectivity index (χ1v) is 8.15. The Hall–Kier alpha value is -0.750. The molecule has 0 heterocycles. The fraction of sp³-hybridized carbons (Fsp3) is 0. The molecule has 0 atom stereocenters. The molecule has 2 aromatic carbocycles. The van der Waals surface area contributed by atoms with Crippen molar-refractivity contribution in [2.45, 2.75) is 4.90 Å². The molecule has 0 aliphatic rings. The van der Waals surface area contributed by atoms with Crippen LogP contribution in [0.5, 0.6) is 0 Å². The van der Waals surface area contributed by atoms with Crippen LogP contribution in [0.15, 0.2) is 51.8 Å². The van der Waals surface area contributed by atoms with Gasteiger partial charge in [0.25, 0.3) is 10.0 Å². The zero-order valence-electron chi connectivity index (χ0n) is 9.40. The first-order valence-electron chi connectivity index (χ1n) is 5.12. The molecule has 7 heteroatoms. The Labute approximate surface area is 129 Å². The lowest BCUT2D eigenvalue weighted by Crippen LogP contribution is -2.13. The van der Waals surface area contributed by atoms with Crippen molar-refractivity contribution in [1.29, 1.82) is 0 Å². The van der Waals surface area contributed by atoms with E-state index in [1.165, 1.54) is 24.3 Å². The maximum absolute atomic E-state index is 12.1. The second-order valence-corrected chi connectivity index (χ2v) is 7.13. The molecule has 0 aliphatic carbocycles. The minimum absolute atomic E-state index is 0.118. The summed E-state index contributed by atoms with van der Waals surface area (Å²) in [5, 5.41) is 0.792. The van der Waals surface area contributed by atoms with Crippen LogP contribution in [0, 0.1) is 0 Å². The zero-order chi connectivity index (χ0) is 14.0. The van der Waals surface area contributed by atoms with Crippen LogP contribution in [-0.4, -0.2) is 8.42 Å². The lowest BCUT2D eigenvalue weighted by molar-refractivity contribution is 0.601. The van der Waals surface area contributed by atoms with Crippen molar-refractivity contribution in [2.75, 3.05) is 4.72 Å². The third kappa shape index (κ3) is 3.63. The molecule has 0 spiro atoms. The van der Waals surface area contributed by atoms with Gasteiger partial charge in [0.15, 0.2) is 0 Å². The zero-order valence-corrected chi connectivity index (χ0v) is 13.3. The van der Waals surface area contributed by atoms with Gasteiger partial charge in [-0.05, 0) is 42.5 Å². The Kier molecular flexibility index (Phi) is 4.40. The molecule has 0 unspecified atom stereocenters. The summed E-state index contributed by atoms with van der Waals surface area (Å²) in [5.41, 5.74) is 0.311. The highest BCUT2D eigenvalue weighted by Gasteiger charge is 2.15. The number of sulfonamides is 1. The number of rotatable bonds is 3. The maximum Gasteiger partial charge on any atom is 0.261 e. The Morgan fingerprint density at radius 2 is 1.63 bits per heavy atom. The summed E-state index contributed by atoms with van der Waals surface area (Å²) in [6.45, 7) is 0. The fourth-order valence-corrected chi connectivity index (χ4v) is 3.17. The molecule has 0 fully saturated rings. The minimum Gasteiger partial charge on any atom is -0.278 e. The van der Waals surface area contributed by atoms with Gasteiger partial charge in [-0.15, -0.1) is 0 Å². The van der Waals surface area contributed by atoms with Crippen molar-refractivity contribution in [2.24, 2.45) is 0 Å². The normalized spacial score (nSPS) is 11.3. The van der Waals surface area contributed by atoms with E-state index >= 15 is 0 Å². The van der Waals surface area contributed by atoms with Gasteiger partial charge in [-0.2, -0.15) is 0 Å². The molecular weight excluding hydrogens is 373 g/mol. The number of hydrogen-bond acceptors (Lipinski definition) is 2. The van der Waals surface area contributed by atoms with E-state index in [4.69, 9.17) is 23.2 Å². The van der Waals surface area contributed by atoms with Gasteiger partial charge < -0.3 is 0 Å². The molecule has 3 nitrogen and oxygen atoms in total. The first kappa shape index (κ1) is 14.7. The molecule has 2 rings (SSSR count). The molecule has 0 amide bonds. The highest BCUT2D eigenvalue weighted by atomic mass is 79.9. The number of hydrogen-bond donors (Lipinski definition) is 1. The van der Waals surface area contributed by atoms with E-state index in [9.17, 15) is 8.42 Å². The first-order chi connectivity index (χ1) is 8.88. The average molecular weight is 381 g/mol. The van der Waals surface area contributed by atoms with Crippen LogP contribution in [0.25, 0.3) is 0 Å². The molecule has 0 bridgehead atoms. The molecule has 2 aromatic rings. The van der Waals surface area contributed by atoms with Gasteiger partial charge in [0.2, 0.25) is 0 Å². The summed E-state index contributed by atoms with van der Waals surface area (Å²) in [6.07, 6.45) is 0. The SMILES string of the molecule is O=S(=O)(Nc1cc(Br)ccc1Cl)c1ccc(Cl)cc1. The Morgan fingerprint density at radius 3 is 2.26 bits per heavy atom. The van der Waals surface area contributed by atoms with E-state index in [-0.39, 0.29) is 4.90 Å². The molecule has 0 saturated carbocycles. The third-order valence-corrected chi connectivity index (χ3v) is 4.75. The van der Waals surface area contributed by atoms with Crippen LogP contribution in [-0.2, 0) is 10.0 Å². The topological polar surface area (TPSA) is 46.2 Å². The van der Waals surface area contributed by atoms with Crippen molar-refractivity contribution in [3.05, 3.63) is 57.0 Å². The van der Waals surface area contributed by atoms with Crippen LogP contribution in [0.4, 0.5) is 5.69 Å². The summed E-state index contributed by atoms with van der Waals surface area (Å²) >= 11 is 14.9. The Morgan fingerprint density at radius 1 is 1.00 bits per heavy atom. The Balaban J connectivity index is 2.36. The summed E-state index contributed by atoms with van der Waals surface area (Å²) in [4.78, 5) is 0.118. The quantitative estimate of drug-likeness (QED) is 0.848. The van der Waals surface area contributed by atoms with E-state index in [1.807, 2.05) is 0 Å². The Bertz CT molecular complexity index is 702.